The first-order valence-electron chi connectivity index (χ1n) is 9.21. The number of rotatable bonds is 5. The number of amides is 2. The number of anilines is 1. The zero-order chi connectivity index (χ0) is 20.9. The summed E-state index contributed by atoms with van der Waals surface area (Å²) in [6, 6.07) is 15.9. The number of nitrogens with one attached hydrogen (secondary N) is 1. The Morgan fingerprint density at radius 3 is 2.07 bits per heavy atom. The fourth-order valence-corrected chi connectivity index (χ4v) is 3.61. The van der Waals surface area contributed by atoms with E-state index in [0.717, 1.165) is 11.8 Å². The molecule has 0 bridgehead atoms. The highest BCUT2D eigenvalue weighted by atomic mass is 32.2. The van der Waals surface area contributed by atoms with Crippen LogP contribution in [0.5, 0.6) is 0 Å². The van der Waals surface area contributed by atoms with E-state index in [9.17, 15) is 18.0 Å². The summed E-state index contributed by atoms with van der Waals surface area (Å²) in [5.41, 5.74) is 1.85. The molecule has 29 heavy (non-hydrogen) atoms. The molecule has 1 fully saturated rings. The lowest BCUT2D eigenvalue weighted by molar-refractivity contribution is -0.127. The Labute approximate surface area is 170 Å². The van der Waals surface area contributed by atoms with Gasteiger partial charge in [0, 0.05) is 43.5 Å². The maximum Gasteiger partial charge on any atom is 0.253 e. The standard InChI is InChI=1S/C21H23N3O4S/c1-29(27,28)22-19-10-8-18(9-11-19)21(26)24-15-13-23(14-16-24)20(25)12-7-17-5-3-2-4-6-17/h2-12,22H,13-16H2,1H3/b12-7+. The molecule has 2 aromatic rings. The molecular formula is C21H23N3O4S. The van der Waals surface area contributed by atoms with Crippen molar-refractivity contribution in [3.05, 3.63) is 71.8 Å². The molecule has 0 aromatic heterocycles. The van der Waals surface area contributed by atoms with Crippen LogP contribution in [0.1, 0.15) is 15.9 Å². The third kappa shape index (κ3) is 5.92. The topological polar surface area (TPSA) is 86.8 Å². The van der Waals surface area contributed by atoms with E-state index in [2.05, 4.69) is 4.72 Å². The maximum absolute atomic E-state index is 12.7. The highest BCUT2D eigenvalue weighted by Gasteiger charge is 2.23. The molecule has 7 nitrogen and oxygen atoms in total. The Morgan fingerprint density at radius 2 is 1.48 bits per heavy atom. The summed E-state index contributed by atoms with van der Waals surface area (Å²) in [4.78, 5) is 28.4. The number of carbonyl (C=O) groups excluding carboxylic acids is 2. The zero-order valence-electron chi connectivity index (χ0n) is 16.1. The molecule has 1 N–H and O–H groups in total. The monoisotopic (exact) mass is 413 g/mol. The number of carbonyl (C=O) groups is 2. The SMILES string of the molecule is CS(=O)(=O)Nc1ccc(C(=O)N2CCN(C(=O)/C=C/c3ccccc3)CC2)cc1. The summed E-state index contributed by atoms with van der Waals surface area (Å²) >= 11 is 0. The first-order chi connectivity index (χ1) is 13.8. The molecule has 3 rings (SSSR count). The van der Waals surface area contributed by atoms with Crippen molar-refractivity contribution in [3.8, 4) is 0 Å². The van der Waals surface area contributed by atoms with Crippen LogP contribution in [0.2, 0.25) is 0 Å². The lowest BCUT2D eigenvalue weighted by atomic mass is 10.1. The van der Waals surface area contributed by atoms with Crippen LogP contribution in [0.4, 0.5) is 5.69 Å². The van der Waals surface area contributed by atoms with Crippen molar-refractivity contribution in [2.45, 2.75) is 0 Å². The summed E-state index contributed by atoms with van der Waals surface area (Å²) in [5.74, 6) is -0.208. The minimum Gasteiger partial charge on any atom is -0.336 e. The summed E-state index contributed by atoms with van der Waals surface area (Å²) in [6.07, 6.45) is 4.41. The van der Waals surface area contributed by atoms with Gasteiger partial charge in [0.2, 0.25) is 15.9 Å². The van der Waals surface area contributed by atoms with Crippen LogP contribution in [-0.2, 0) is 14.8 Å². The van der Waals surface area contributed by atoms with Crippen LogP contribution in [0.25, 0.3) is 6.08 Å². The van der Waals surface area contributed by atoms with Gasteiger partial charge in [-0.25, -0.2) is 8.42 Å². The zero-order valence-corrected chi connectivity index (χ0v) is 16.9. The van der Waals surface area contributed by atoms with Crippen LogP contribution in [-0.4, -0.2) is 62.5 Å². The number of hydrogen-bond acceptors (Lipinski definition) is 4. The van der Waals surface area contributed by atoms with E-state index in [0.29, 0.717) is 37.4 Å². The summed E-state index contributed by atoms with van der Waals surface area (Å²) in [5, 5.41) is 0. The first kappa shape index (κ1) is 20.6. The number of piperazine rings is 1. The molecule has 0 atom stereocenters. The minimum absolute atomic E-state index is 0.0721. The van der Waals surface area contributed by atoms with E-state index in [1.807, 2.05) is 30.3 Å². The Balaban J connectivity index is 1.54. The molecule has 2 aromatic carbocycles. The quantitative estimate of drug-likeness (QED) is 0.760. The lowest BCUT2D eigenvalue weighted by Gasteiger charge is -2.34. The van der Waals surface area contributed by atoms with Gasteiger partial charge in [0.15, 0.2) is 0 Å². The van der Waals surface area contributed by atoms with Crippen LogP contribution in [0.15, 0.2) is 60.7 Å². The number of sulfonamides is 1. The van der Waals surface area contributed by atoms with E-state index >= 15 is 0 Å². The number of hydrogen-bond donors (Lipinski definition) is 1. The predicted octanol–water partition coefficient (Wildman–Crippen LogP) is 2.06. The van der Waals surface area contributed by atoms with E-state index in [-0.39, 0.29) is 11.8 Å². The molecular weight excluding hydrogens is 390 g/mol. The van der Waals surface area contributed by atoms with Crippen LogP contribution in [0, 0.1) is 0 Å². The van der Waals surface area contributed by atoms with Gasteiger partial charge in [-0.05, 0) is 35.9 Å². The second-order valence-electron chi connectivity index (χ2n) is 6.81. The maximum atomic E-state index is 12.7. The van der Waals surface area contributed by atoms with Crippen molar-refractivity contribution in [2.24, 2.45) is 0 Å². The number of benzene rings is 2. The van der Waals surface area contributed by atoms with Crippen LogP contribution >= 0.6 is 0 Å². The third-order valence-electron chi connectivity index (χ3n) is 4.53. The van der Waals surface area contributed by atoms with Gasteiger partial charge < -0.3 is 9.80 Å². The van der Waals surface area contributed by atoms with Gasteiger partial charge in [-0.3, -0.25) is 14.3 Å². The van der Waals surface area contributed by atoms with E-state index in [4.69, 9.17) is 0 Å². The second kappa shape index (κ2) is 8.91. The molecule has 1 heterocycles. The Bertz CT molecular complexity index is 994. The van der Waals surface area contributed by atoms with Crippen LogP contribution in [0.3, 0.4) is 0 Å². The van der Waals surface area contributed by atoms with Crippen molar-refractivity contribution >= 4 is 33.6 Å². The first-order valence-corrected chi connectivity index (χ1v) is 11.1. The Hall–Kier alpha value is -3.13. The summed E-state index contributed by atoms with van der Waals surface area (Å²) in [6.45, 7) is 1.84. The minimum atomic E-state index is -3.36. The fourth-order valence-electron chi connectivity index (χ4n) is 3.04. The number of nitrogens with zero attached hydrogens (tertiary/aromatic N) is 2. The average Bonchev–Trinajstić information content (AvgIpc) is 2.72. The average molecular weight is 413 g/mol. The van der Waals surface area contributed by atoms with Gasteiger partial charge >= 0.3 is 0 Å². The molecule has 0 unspecified atom stereocenters. The summed E-state index contributed by atoms with van der Waals surface area (Å²) in [7, 11) is -3.36. The van der Waals surface area contributed by atoms with E-state index in [1.165, 1.54) is 0 Å². The van der Waals surface area contributed by atoms with Crippen molar-refractivity contribution in [1.82, 2.24) is 9.80 Å². The normalized spacial score (nSPS) is 14.8. The van der Waals surface area contributed by atoms with Gasteiger partial charge in [-0.1, -0.05) is 30.3 Å². The van der Waals surface area contributed by atoms with Gasteiger partial charge in [0.1, 0.15) is 0 Å². The lowest BCUT2D eigenvalue weighted by Crippen LogP contribution is -2.50. The molecule has 0 saturated carbocycles. The summed E-state index contributed by atoms with van der Waals surface area (Å²) < 4.78 is 24.9. The van der Waals surface area contributed by atoms with E-state index < -0.39 is 10.0 Å². The molecule has 0 spiro atoms. The fraction of sp³-hybridized carbons (Fsp3) is 0.238. The molecule has 0 radical (unpaired) electrons. The smallest absolute Gasteiger partial charge is 0.253 e. The van der Waals surface area contributed by atoms with Gasteiger partial charge in [0.05, 0.1) is 6.26 Å². The Kier molecular flexibility index (Phi) is 6.33. The highest BCUT2D eigenvalue weighted by Crippen LogP contribution is 2.14. The molecule has 8 heteroatoms. The van der Waals surface area contributed by atoms with Crippen molar-refractivity contribution < 1.29 is 18.0 Å². The molecule has 0 aliphatic carbocycles. The molecule has 152 valence electrons. The van der Waals surface area contributed by atoms with Crippen molar-refractivity contribution in [2.75, 3.05) is 37.2 Å². The molecule has 2 amide bonds. The molecule has 1 aliphatic heterocycles. The third-order valence-corrected chi connectivity index (χ3v) is 5.14. The Morgan fingerprint density at radius 1 is 0.897 bits per heavy atom. The van der Waals surface area contributed by atoms with Gasteiger partial charge in [0.25, 0.3) is 5.91 Å². The molecule has 1 saturated heterocycles. The van der Waals surface area contributed by atoms with Crippen molar-refractivity contribution in [3.63, 3.8) is 0 Å². The van der Waals surface area contributed by atoms with Crippen LogP contribution < -0.4 is 4.72 Å². The second-order valence-corrected chi connectivity index (χ2v) is 8.56. The largest absolute Gasteiger partial charge is 0.336 e. The highest BCUT2D eigenvalue weighted by molar-refractivity contribution is 7.92. The van der Waals surface area contributed by atoms with Gasteiger partial charge in [-0.2, -0.15) is 0 Å². The van der Waals surface area contributed by atoms with Gasteiger partial charge in [-0.15, -0.1) is 0 Å². The van der Waals surface area contributed by atoms with Crippen molar-refractivity contribution in [1.29, 1.82) is 0 Å². The predicted molar refractivity (Wildman–Crippen MR) is 113 cm³/mol. The molecule has 1 aliphatic rings. The van der Waals surface area contributed by atoms with E-state index in [1.54, 1.807) is 46.2 Å².